The Hall–Kier alpha value is -1.84. The van der Waals surface area contributed by atoms with Crippen LogP contribution in [0.25, 0.3) is 0 Å². The summed E-state index contributed by atoms with van der Waals surface area (Å²) in [7, 11) is 1.90. The van der Waals surface area contributed by atoms with E-state index in [0.29, 0.717) is 13.0 Å². The monoisotopic (exact) mass is 328 g/mol. The van der Waals surface area contributed by atoms with Crippen molar-refractivity contribution in [3.63, 3.8) is 0 Å². The predicted molar refractivity (Wildman–Crippen MR) is 94.5 cm³/mol. The fourth-order valence-corrected chi connectivity index (χ4v) is 4.36. The molecule has 4 heteroatoms. The maximum atomic E-state index is 13.0. The molecule has 4 nitrogen and oxygen atoms in total. The zero-order valence-corrected chi connectivity index (χ0v) is 15.0. The third-order valence-electron chi connectivity index (χ3n) is 5.81. The average Bonchev–Trinajstić information content (AvgIpc) is 3.19. The van der Waals surface area contributed by atoms with E-state index in [1.807, 2.05) is 22.9 Å². The molecule has 1 aromatic rings. The molecule has 24 heavy (non-hydrogen) atoms. The summed E-state index contributed by atoms with van der Waals surface area (Å²) in [4.78, 5) is 29.1. The Labute approximate surface area is 144 Å². The third kappa shape index (κ3) is 2.94. The second-order valence-electron chi connectivity index (χ2n) is 7.12. The smallest absolute Gasteiger partial charge is 0.228 e. The highest BCUT2D eigenvalue weighted by Crippen LogP contribution is 2.36. The molecule has 130 valence electrons. The first-order valence-corrected chi connectivity index (χ1v) is 9.20. The first-order valence-electron chi connectivity index (χ1n) is 9.20. The average molecular weight is 328 g/mol. The minimum atomic E-state index is -0.184. The SMILES string of the molecule is CCC(CC)N1CC(C(=O)N(C)C2CCc3ccccc32)CC1=O. The van der Waals surface area contributed by atoms with E-state index in [4.69, 9.17) is 0 Å². The van der Waals surface area contributed by atoms with Gasteiger partial charge in [-0.25, -0.2) is 0 Å². The quantitative estimate of drug-likeness (QED) is 0.833. The van der Waals surface area contributed by atoms with Gasteiger partial charge >= 0.3 is 0 Å². The zero-order valence-electron chi connectivity index (χ0n) is 15.0. The molecule has 1 heterocycles. The van der Waals surface area contributed by atoms with Gasteiger partial charge in [0.15, 0.2) is 0 Å². The second kappa shape index (κ2) is 6.96. The fraction of sp³-hybridized carbons (Fsp3) is 0.600. The van der Waals surface area contributed by atoms with E-state index in [1.54, 1.807) is 0 Å². The summed E-state index contributed by atoms with van der Waals surface area (Å²) in [6.07, 6.45) is 4.29. The lowest BCUT2D eigenvalue weighted by Gasteiger charge is -2.29. The lowest BCUT2D eigenvalue weighted by atomic mass is 10.0. The minimum absolute atomic E-state index is 0.124. The van der Waals surface area contributed by atoms with Gasteiger partial charge in [0.25, 0.3) is 0 Å². The molecule has 1 aromatic carbocycles. The van der Waals surface area contributed by atoms with Gasteiger partial charge in [0.1, 0.15) is 0 Å². The van der Waals surface area contributed by atoms with E-state index in [2.05, 4.69) is 32.0 Å². The number of hydrogen-bond acceptors (Lipinski definition) is 2. The number of likely N-dealkylation sites (tertiary alicyclic amines) is 1. The van der Waals surface area contributed by atoms with Crippen molar-refractivity contribution in [1.82, 2.24) is 9.80 Å². The topological polar surface area (TPSA) is 40.6 Å². The Bertz CT molecular complexity index is 624. The van der Waals surface area contributed by atoms with Gasteiger partial charge in [-0.05, 0) is 36.8 Å². The van der Waals surface area contributed by atoms with E-state index in [1.165, 1.54) is 11.1 Å². The van der Waals surface area contributed by atoms with Crippen molar-refractivity contribution in [3.05, 3.63) is 35.4 Å². The maximum Gasteiger partial charge on any atom is 0.228 e. The van der Waals surface area contributed by atoms with E-state index in [9.17, 15) is 9.59 Å². The van der Waals surface area contributed by atoms with Gasteiger partial charge in [-0.3, -0.25) is 9.59 Å². The lowest BCUT2D eigenvalue weighted by molar-refractivity contribution is -0.136. The first kappa shape index (κ1) is 17.0. The highest BCUT2D eigenvalue weighted by atomic mass is 16.2. The number of benzene rings is 1. The highest BCUT2D eigenvalue weighted by Gasteiger charge is 2.40. The Morgan fingerprint density at radius 2 is 2.00 bits per heavy atom. The number of hydrogen-bond donors (Lipinski definition) is 0. The molecule has 1 aliphatic carbocycles. The van der Waals surface area contributed by atoms with E-state index in [0.717, 1.165) is 25.7 Å². The first-order chi connectivity index (χ1) is 11.6. The number of carbonyl (C=O) groups excluding carboxylic acids is 2. The molecular formula is C20H28N2O2. The molecule has 2 unspecified atom stereocenters. The normalized spacial score (nSPS) is 23.0. The van der Waals surface area contributed by atoms with Crippen molar-refractivity contribution in [1.29, 1.82) is 0 Å². The van der Waals surface area contributed by atoms with Gasteiger partial charge < -0.3 is 9.80 Å². The number of amides is 2. The number of fused-ring (bicyclic) bond motifs is 1. The molecule has 0 radical (unpaired) electrons. The fourth-order valence-electron chi connectivity index (χ4n) is 4.36. The van der Waals surface area contributed by atoms with E-state index >= 15 is 0 Å². The summed E-state index contributed by atoms with van der Waals surface area (Å²) in [6.45, 7) is 4.80. The zero-order chi connectivity index (χ0) is 17.3. The molecule has 0 saturated carbocycles. The van der Waals surface area contributed by atoms with Crippen molar-refractivity contribution in [3.8, 4) is 0 Å². The highest BCUT2D eigenvalue weighted by molar-refractivity contribution is 5.89. The molecule has 0 N–H and O–H groups in total. The van der Waals surface area contributed by atoms with Crippen molar-refractivity contribution in [2.24, 2.45) is 5.92 Å². The second-order valence-corrected chi connectivity index (χ2v) is 7.12. The van der Waals surface area contributed by atoms with Crippen molar-refractivity contribution >= 4 is 11.8 Å². The van der Waals surface area contributed by atoms with E-state index in [-0.39, 0.29) is 29.8 Å². The summed E-state index contributed by atoms with van der Waals surface area (Å²) in [5.41, 5.74) is 2.62. The molecule has 2 aliphatic rings. The molecule has 2 amide bonds. The van der Waals surface area contributed by atoms with Crippen LogP contribution in [0.2, 0.25) is 0 Å². The van der Waals surface area contributed by atoms with Crippen LogP contribution in [0, 0.1) is 5.92 Å². The maximum absolute atomic E-state index is 13.0. The van der Waals surface area contributed by atoms with Gasteiger partial charge in [0.2, 0.25) is 11.8 Å². The van der Waals surface area contributed by atoms with Crippen LogP contribution in [0.4, 0.5) is 0 Å². The summed E-state index contributed by atoms with van der Waals surface area (Å²) in [6, 6.07) is 8.82. The Kier molecular flexibility index (Phi) is 4.93. The Balaban J connectivity index is 1.70. The van der Waals surface area contributed by atoms with Crippen molar-refractivity contribution < 1.29 is 9.59 Å². The molecule has 0 spiro atoms. The van der Waals surface area contributed by atoms with Gasteiger partial charge in [0, 0.05) is 26.1 Å². The molecule has 1 aliphatic heterocycles. The van der Waals surface area contributed by atoms with Crippen LogP contribution in [0.1, 0.15) is 56.7 Å². The third-order valence-corrected chi connectivity index (χ3v) is 5.81. The molecule has 1 fully saturated rings. The van der Waals surface area contributed by atoms with Crippen molar-refractivity contribution in [2.45, 2.75) is 58.0 Å². The summed E-state index contributed by atoms with van der Waals surface area (Å²) < 4.78 is 0. The number of aryl methyl sites for hydroxylation is 1. The number of nitrogens with zero attached hydrogens (tertiary/aromatic N) is 2. The number of rotatable bonds is 5. The summed E-state index contributed by atoms with van der Waals surface area (Å²) >= 11 is 0. The molecule has 0 bridgehead atoms. The molecule has 3 rings (SSSR count). The van der Waals surface area contributed by atoms with Gasteiger partial charge in [-0.15, -0.1) is 0 Å². The van der Waals surface area contributed by atoms with Gasteiger partial charge in [0.05, 0.1) is 12.0 Å². The van der Waals surface area contributed by atoms with Crippen LogP contribution in [0.15, 0.2) is 24.3 Å². The Morgan fingerprint density at radius 3 is 2.71 bits per heavy atom. The molecule has 0 aromatic heterocycles. The molecule has 1 saturated heterocycles. The minimum Gasteiger partial charge on any atom is -0.339 e. The van der Waals surface area contributed by atoms with Gasteiger partial charge in [-0.1, -0.05) is 38.1 Å². The largest absolute Gasteiger partial charge is 0.339 e. The van der Waals surface area contributed by atoms with Crippen molar-refractivity contribution in [2.75, 3.05) is 13.6 Å². The van der Waals surface area contributed by atoms with Crippen LogP contribution >= 0.6 is 0 Å². The standard InChI is InChI=1S/C20H28N2O2/c1-4-16(5-2)22-13-15(12-19(22)23)20(24)21(3)18-11-10-14-8-6-7-9-17(14)18/h6-9,15-16,18H,4-5,10-13H2,1-3H3. The van der Waals surface area contributed by atoms with E-state index < -0.39 is 0 Å². The van der Waals surface area contributed by atoms with Crippen LogP contribution in [0.5, 0.6) is 0 Å². The summed E-state index contributed by atoms with van der Waals surface area (Å²) in [5, 5.41) is 0. The van der Waals surface area contributed by atoms with Gasteiger partial charge in [-0.2, -0.15) is 0 Å². The predicted octanol–water partition coefficient (Wildman–Crippen LogP) is 3.17. The molecule has 2 atom stereocenters. The number of carbonyl (C=O) groups is 2. The molecular weight excluding hydrogens is 300 g/mol. The van der Waals surface area contributed by atoms with Crippen LogP contribution in [0.3, 0.4) is 0 Å². The Morgan fingerprint density at radius 1 is 1.29 bits per heavy atom. The van der Waals surface area contributed by atoms with Crippen LogP contribution < -0.4 is 0 Å². The van der Waals surface area contributed by atoms with Crippen LogP contribution in [-0.2, 0) is 16.0 Å². The van der Waals surface area contributed by atoms with Crippen LogP contribution in [-0.4, -0.2) is 41.2 Å². The summed E-state index contributed by atoms with van der Waals surface area (Å²) in [5.74, 6) is 0.0802. The lowest BCUT2D eigenvalue weighted by Crippen LogP contribution is -2.39.